The van der Waals surface area contributed by atoms with Crippen LogP contribution in [0, 0.1) is 0 Å². The highest BCUT2D eigenvalue weighted by atomic mass is 16.5. The molecule has 7 heteroatoms. The van der Waals surface area contributed by atoms with Crippen LogP contribution in [0.5, 0.6) is 0 Å². The molecule has 1 aliphatic rings. The highest BCUT2D eigenvalue weighted by Gasteiger charge is 2.32. The van der Waals surface area contributed by atoms with Gasteiger partial charge in [-0.15, -0.1) is 0 Å². The number of anilines is 2. The van der Waals surface area contributed by atoms with E-state index in [9.17, 15) is 5.11 Å². The van der Waals surface area contributed by atoms with Gasteiger partial charge in [-0.2, -0.15) is 0 Å². The Morgan fingerprint density at radius 3 is 2.67 bits per heavy atom. The van der Waals surface area contributed by atoms with Crippen molar-refractivity contribution in [3.63, 3.8) is 0 Å². The Morgan fingerprint density at radius 1 is 1.33 bits per heavy atom. The molecule has 2 rings (SSSR count). The molecule has 0 aliphatic carbocycles. The van der Waals surface area contributed by atoms with Crippen LogP contribution in [-0.4, -0.2) is 54.1 Å². The number of nitrogens with zero attached hydrogens (tertiary/aromatic N) is 2. The van der Waals surface area contributed by atoms with E-state index in [2.05, 4.69) is 20.6 Å². The Balaban J connectivity index is 2.20. The molecular weight excluding hydrogens is 272 g/mol. The molecular formula is C14H24N4O3. The van der Waals surface area contributed by atoms with Crippen molar-refractivity contribution < 1.29 is 14.6 Å². The molecule has 21 heavy (non-hydrogen) atoms. The van der Waals surface area contributed by atoms with Crippen molar-refractivity contribution in [2.75, 3.05) is 44.1 Å². The summed E-state index contributed by atoms with van der Waals surface area (Å²) in [6.45, 7) is 4.48. The zero-order chi connectivity index (χ0) is 15.1. The Labute approximate surface area is 125 Å². The van der Waals surface area contributed by atoms with Gasteiger partial charge in [-0.1, -0.05) is 0 Å². The predicted molar refractivity (Wildman–Crippen MR) is 80.4 cm³/mol. The maximum absolute atomic E-state index is 9.75. The highest BCUT2D eigenvalue weighted by Crippen LogP contribution is 2.25. The van der Waals surface area contributed by atoms with Gasteiger partial charge in [-0.25, -0.2) is 9.97 Å². The van der Waals surface area contributed by atoms with E-state index in [0.29, 0.717) is 31.5 Å². The van der Waals surface area contributed by atoms with E-state index in [1.807, 2.05) is 13.0 Å². The summed E-state index contributed by atoms with van der Waals surface area (Å²) >= 11 is 0. The zero-order valence-electron chi connectivity index (χ0n) is 12.7. The molecule has 1 aromatic rings. The molecule has 1 aromatic heterocycles. The largest absolute Gasteiger partial charge is 0.394 e. The van der Waals surface area contributed by atoms with Crippen LogP contribution in [-0.2, 0) is 16.1 Å². The molecule has 1 fully saturated rings. The number of aliphatic hydroxyl groups excluding tert-OH is 1. The van der Waals surface area contributed by atoms with Crippen LogP contribution in [0.2, 0.25) is 0 Å². The van der Waals surface area contributed by atoms with Crippen molar-refractivity contribution in [3.8, 4) is 0 Å². The van der Waals surface area contributed by atoms with Crippen molar-refractivity contribution in [1.29, 1.82) is 0 Å². The normalized spacial score (nSPS) is 17.5. The number of hydrogen-bond donors (Lipinski definition) is 3. The van der Waals surface area contributed by atoms with E-state index in [0.717, 1.165) is 25.2 Å². The van der Waals surface area contributed by atoms with Crippen LogP contribution in [0.4, 0.5) is 11.6 Å². The fraction of sp³-hybridized carbons (Fsp3) is 0.714. The minimum atomic E-state index is -0.375. The van der Waals surface area contributed by atoms with Crippen molar-refractivity contribution in [3.05, 3.63) is 11.9 Å². The average molecular weight is 296 g/mol. The average Bonchev–Trinajstić information content (AvgIpc) is 2.48. The first-order chi connectivity index (χ1) is 10.2. The van der Waals surface area contributed by atoms with Crippen LogP contribution >= 0.6 is 0 Å². The summed E-state index contributed by atoms with van der Waals surface area (Å²) in [4.78, 5) is 8.83. The quantitative estimate of drug-likeness (QED) is 0.692. The number of hydrogen-bond acceptors (Lipinski definition) is 7. The Kier molecular flexibility index (Phi) is 5.72. The van der Waals surface area contributed by atoms with Gasteiger partial charge in [-0.05, 0) is 19.8 Å². The fourth-order valence-electron chi connectivity index (χ4n) is 2.38. The molecule has 0 bridgehead atoms. The van der Waals surface area contributed by atoms with Gasteiger partial charge in [0, 0.05) is 32.9 Å². The Bertz CT molecular complexity index is 426. The van der Waals surface area contributed by atoms with Gasteiger partial charge in [0.15, 0.2) is 5.82 Å². The van der Waals surface area contributed by atoms with E-state index in [1.54, 1.807) is 7.11 Å². The van der Waals surface area contributed by atoms with E-state index in [1.165, 1.54) is 0 Å². The second kappa shape index (κ2) is 7.53. The molecule has 0 amide bonds. The Morgan fingerprint density at radius 2 is 2.05 bits per heavy atom. The summed E-state index contributed by atoms with van der Waals surface area (Å²) in [5.74, 6) is 2.06. The third kappa shape index (κ3) is 4.26. The summed E-state index contributed by atoms with van der Waals surface area (Å²) in [6, 6.07) is 1.86. The smallest absolute Gasteiger partial charge is 0.158 e. The van der Waals surface area contributed by atoms with Crippen LogP contribution in [0.1, 0.15) is 25.6 Å². The molecule has 1 saturated heterocycles. The maximum atomic E-state index is 9.75. The molecule has 0 unspecified atom stereocenters. The van der Waals surface area contributed by atoms with E-state index in [4.69, 9.17) is 9.47 Å². The number of rotatable bonds is 7. The summed E-state index contributed by atoms with van der Waals surface area (Å²) < 4.78 is 10.5. The molecule has 0 aromatic carbocycles. The van der Waals surface area contributed by atoms with Gasteiger partial charge in [-0.3, -0.25) is 0 Å². The van der Waals surface area contributed by atoms with E-state index < -0.39 is 0 Å². The summed E-state index contributed by atoms with van der Waals surface area (Å²) in [7, 11) is 1.62. The molecule has 0 spiro atoms. The second-order valence-corrected chi connectivity index (χ2v) is 5.19. The number of ether oxygens (including phenoxy) is 2. The summed E-state index contributed by atoms with van der Waals surface area (Å²) in [5, 5.41) is 16.3. The van der Waals surface area contributed by atoms with Crippen LogP contribution in [0.25, 0.3) is 0 Å². The number of methoxy groups -OCH3 is 1. The molecule has 2 heterocycles. The van der Waals surface area contributed by atoms with Crippen molar-refractivity contribution in [2.24, 2.45) is 0 Å². The molecule has 0 radical (unpaired) electrons. The molecule has 0 atom stereocenters. The number of aliphatic hydroxyl groups is 1. The number of aromatic nitrogens is 2. The van der Waals surface area contributed by atoms with Gasteiger partial charge < -0.3 is 25.2 Å². The van der Waals surface area contributed by atoms with Crippen LogP contribution in [0.15, 0.2) is 6.07 Å². The predicted octanol–water partition coefficient (Wildman–Crippen LogP) is 1.01. The minimum absolute atomic E-state index is 0.0521. The Hall–Kier alpha value is -1.44. The lowest BCUT2D eigenvalue weighted by atomic mass is 9.91. The topological polar surface area (TPSA) is 88.5 Å². The number of nitrogens with one attached hydrogen (secondary N) is 2. The van der Waals surface area contributed by atoms with Gasteiger partial charge in [0.05, 0.1) is 12.1 Å². The first-order valence-corrected chi connectivity index (χ1v) is 7.29. The minimum Gasteiger partial charge on any atom is -0.394 e. The van der Waals surface area contributed by atoms with Gasteiger partial charge in [0.1, 0.15) is 18.2 Å². The third-order valence-electron chi connectivity index (χ3n) is 3.55. The first kappa shape index (κ1) is 15.9. The zero-order valence-corrected chi connectivity index (χ0v) is 12.7. The first-order valence-electron chi connectivity index (χ1n) is 7.29. The van der Waals surface area contributed by atoms with E-state index >= 15 is 0 Å². The highest BCUT2D eigenvalue weighted by molar-refractivity contribution is 5.49. The SMILES string of the molecule is CCNc1cc(NC2(CO)CCOCC2)nc(COC)n1. The standard InChI is InChI=1S/C14H24N4O3/c1-3-15-11-8-12(17-13(16-11)9-20-2)18-14(10-19)4-6-21-7-5-14/h8,19H,3-7,9-10H2,1-2H3,(H2,15,16,17,18). The molecule has 7 nitrogen and oxygen atoms in total. The fourth-order valence-corrected chi connectivity index (χ4v) is 2.38. The van der Waals surface area contributed by atoms with Gasteiger partial charge >= 0.3 is 0 Å². The molecule has 3 N–H and O–H groups in total. The second-order valence-electron chi connectivity index (χ2n) is 5.19. The van der Waals surface area contributed by atoms with Crippen LogP contribution < -0.4 is 10.6 Å². The lowest BCUT2D eigenvalue weighted by molar-refractivity contribution is 0.0378. The lowest BCUT2D eigenvalue weighted by Gasteiger charge is -2.36. The maximum Gasteiger partial charge on any atom is 0.158 e. The third-order valence-corrected chi connectivity index (χ3v) is 3.55. The monoisotopic (exact) mass is 296 g/mol. The summed E-state index contributed by atoms with van der Waals surface area (Å²) in [5.41, 5.74) is -0.375. The lowest BCUT2D eigenvalue weighted by Crippen LogP contribution is -2.47. The van der Waals surface area contributed by atoms with Crippen molar-refractivity contribution in [1.82, 2.24) is 9.97 Å². The van der Waals surface area contributed by atoms with E-state index in [-0.39, 0.29) is 12.1 Å². The van der Waals surface area contributed by atoms with Crippen LogP contribution in [0.3, 0.4) is 0 Å². The molecule has 118 valence electrons. The van der Waals surface area contributed by atoms with Crippen molar-refractivity contribution in [2.45, 2.75) is 31.9 Å². The van der Waals surface area contributed by atoms with Gasteiger partial charge in [0.2, 0.25) is 0 Å². The molecule has 1 aliphatic heterocycles. The van der Waals surface area contributed by atoms with Gasteiger partial charge in [0.25, 0.3) is 0 Å². The molecule has 0 saturated carbocycles. The summed E-state index contributed by atoms with van der Waals surface area (Å²) in [6.07, 6.45) is 1.51. The van der Waals surface area contributed by atoms with Crippen molar-refractivity contribution >= 4 is 11.6 Å².